The lowest BCUT2D eigenvalue weighted by Crippen LogP contribution is -2.34. The van der Waals surface area contributed by atoms with Crippen molar-refractivity contribution >= 4 is 29.1 Å². The molecule has 3 N–H and O–H groups in total. The van der Waals surface area contributed by atoms with E-state index in [1.807, 2.05) is 27.1 Å². The van der Waals surface area contributed by atoms with Gasteiger partial charge in [0, 0.05) is 12.1 Å². The summed E-state index contributed by atoms with van der Waals surface area (Å²) in [4.78, 5) is 2.12. The van der Waals surface area contributed by atoms with Crippen LogP contribution in [0.4, 0.5) is 0 Å². The first-order chi connectivity index (χ1) is 7.99. The summed E-state index contributed by atoms with van der Waals surface area (Å²) in [6.45, 7) is 2.92. The molecular formula is C11H19N3OS2. The summed E-state index contributed by atoms with van der Waals surface area (Å²) in [6.07, 6.45) is 1.74. The maximum absolute atomic E-state index is 5.48. The van der Waals surface area contributed by atoms with Gasteiger partial charge in [-0.3, -0.25) is 0 Å². The Bertz CT molecular complexity index is 365. The first-order valence-electron chi connectivity index (χ1n) is 5.36. The minimum Gasteiger partial charge on any atom is -0.468 e. The Kier molecular flexibility index (Phi) is 5.80. The van der Waals surface area contributed by atoms with E-state index in [1.165, 1.54) is 5.56 Å². The highest BCUT2D eigenvalue weighted by molar-refractivity contribution is 7.99. The van der Waals surface area contributed by atoms with Crippen molar-refractivity contribution in [1.29, 1.82) is 0 Å². The average Bonchev–Trinajstić information content (AvgIpc) is 2.60. The van der Waals surface area contributed by atoms with E-state index in [0.29, 0.717) is 5.11 Å². The summed E-state index contributed by atoms with van der Waals surface area (Å²) in [5.41, 5.74) is 6.64. The molecule has 1 heterocycles. The zero-order valence-electron chi connectivity index (χ0n) is 10.4. The summed E-state index contributed by atoms with van der Waals surface area (Å²) in [7, 11) is 4.09. The third-order valence-electron chi connectivity index (χ3n) is 2.13. The number of thiocarbonyl (C=S) groups is 1. The molecule has 0 aliphatic heterocycles. The van der Waals surface area contributed by atoms with Gasteiger partial charge in [0.1, 0.15) is 5.76 Å². The molecule has 1 rings (SSSR count). The number of thioether (sulfide) groups is 1. The van der Waals surface area contributed by atoms with Gasteiger partial charge in [-0.1, -0.05) is 0 Å². The summed E-state index contributed by atoms with van der Waals surface area (Å²) in [5.74, 6) is 1.83. The SMILES string of the molecule is CC(NC(N)=S)SCc1occc1CN(C)C. The molecule has 17 heavy (non-hydrogen) atoms. The van der Waals surface area contributed by atoms with E-state index in [2.05, 4.69) is 10.2 Å². The molecule has 0 radical (unpaired) electrons. The molecule has 96 valence electrons. The van der Waals surface area contributed by atoms with Gasteiger partial charge in [0.2, 0.25) is 0 Å². The van der Waals surface area contributed by atoms with Gasteiger partial charge in [0.05, 0.1) is 17.4 Å². The Balaban J connectivity index is 2.46. The molecule has 1 aromatic heterocycles. The lowest BCUT2D eigenvalue weighted by Gasteiger charge is -2.13. The van der Waals surface area contributed by atoms with Gasteiger partial charge in [-0.15, -0.1) is 11.8 Å². The molecule has 0 aliphatic carbocycles. The third-order valence-corrected chi connectivity index (χ3v) is 3.30. The summed E-state index contributed by atoms with van der Waals surface area (Å²) < 4.78 is 5.48. The molecule has 0 bridgehead atoms. The molecule has 0 fully saturated rings. The number of nitrogens with zero attached hydrogens (tertiary/aromatic N) is 1. The summed E-state index contributed by atoms with van der Waals surface area (Å²) in [6, 6.07) is 2.02. The van der Waals surface area contributed by atoms with Crippen molar-refractivity contribution in [3.05, 3.63) is 23.7 Å². The third kappa shape index (κ3) is 5.43. The van der Waals surface area contributed by atoms with Crippen LogP contribution in [-0.4, -0.2) is 29.5 Å². The normalized spacial score (nSPS) is 12.7. The first kappa shape index (κ1) is 14.3. The maximum Gasteiger partial charge on any atom is 0.164 e. The summed E-state index contributed by atoms with van der Waals surface area (Å²) >= 11 is 6.50. The molecule has 0 saturated carbocycles. The van der Waals surface area contributed by atoms with E-state index in [1.54, 1.807) is 18.0 Å². The van der Waals surface area contributed by atoms with Crippen LogP contribution in [0.3, 0.4) is 0 Å². The second-order valence-electron chi connectivity index (χ2n) is 4.07. The van der Waals surface area contributed by atoms with Gasteiger partial charge in [-0.25, -0.2) is 0 Å². The van der Waals surface area contributed by atoms with Crippen LogP contribution in [0.15, 0.2) is 16.7 Å². The number of hydrogen-bond donors (Lipinski definition) is 2. The van der Waals surface area contributed by atoms with Crippen LogP contribution in [0.2, 0.25) is 0 Å². The van der Waals surface area contributed by atoms with Crippen molar-refractivity contribution < 1.29 is 4.42 Å². The van der Waals surface area contributed by atoms with Crippen LogP contribution in [0.5, 0.6) is 0 Å². The zero-order chi connectivity index (χ0) is 12.8. The maximum atomic E-state index is 5.48. The monoisotopic (exact) mass is 273 g/mol. The quantitative estimate of drug-likeness (QED) is 0.608. The van der Waals surface area contributed by atoms with Gasteiger partial charge >= 0.3 is 0 Å². The van der Waals surface area contributed by atoms with Crippen molar-refractivity contribution in [1.82, 2.24) is 10.2 Å². The van der Waals surface area contributed by atoms with E-state index < -0.39 is 0 Å². The van der Waals surface area contributed by atoms with Gasteiger partial charge < -0.3 is 20.4 Å². The van der Waals surface area contributed by atoms with E-state index in [4.69, 9.17) is 22.4 Å². The predicted octanol–water partition coefficient (Wildman–Crippen LogP) is 1.75. The Morgan fingerprint density at radius 3 is 2.94 bits per heavy atom. The highest BCUT2D eigenvalue weighted by Crippen LogP contribution is 2.21. The van der Waals surface area contributed by atoms with Gasteiger partial charge in [-0.05, 0) is 39.3 Å². The van der Waals surface area contributed by atoms with Gasteiger partial charge in [-0.2, -0.15) is 0 Å². The van der Waals surface area contributed by atoms with E-state index in [-0.39, 0.29) is 5.37 Å². The van der Waals surface area contributed by atoms with Crippen molar-refractivity contribution in [2.45, 2.75) is 24.6 Å². The molecule has 1 aromatic rings. The Labute approximate surface area is 112 Å². The van der Waals surface area contributed by atoms with Crippen LogP contribution in [0.1, 0.15) is 18.2 Å². The smallest absolute Gasteiger partial charge is 0.164 e. The summed E-state index contributed by atoms with van der Waals surface area (Å²) in [5, 5.41) is 3.50. The molecule has 0 aliphatic rings. The number of hydrogen-bond acceptors (Lipinski definition) is 4. The van der Waals surface area contributed by atoms with E-state index >= 15 is 0 Å². The first-order valence-corrected chi connectivity index (χ1v) is 6.82. The van der Waals surface area contributed by atoms with Crippen molar-refractivity contribution in [2.24, 2.45) is 5.73 Å². The van der Waals surface area contributed by atoms with Crippen LogP contribution < -0.4 is 11.1 Å². The molecule has 0 aromatic carbocycles. The second-order valence-corrected chi connectivity index (χ2v) is 5.84. The minimum atomic E-state index is 0.185. The van der Waals surface area contributed by atoms with E-state index in [9.17, 15) is 0 Å². The van der Waals surface area contributed by atoms with Crippen molar-refractivity contribution in [3.63, 3.8) is 0 Å². The zero-order valence-corrected chi connectivity index (χ0v) is 12.0. The van der Waals surface area contributed by atoms with Crippen molar-refractivity contribution in [3.8, 4) is 0 Å². The van der Waals surface area contributed by atoms with Crippen LogP contribution in [-0.2, 0) is 12.3 Å². The highest BCUT2D eigenvalue weighted by Gasteiger charge is 2.10. The van der Waals surface area contributed by atoms with Crippen LogP contribution >= 0.6 is 24.0 Å². The molecule has 6 heteroatoms. The Morgan fingerprint density at radius 2 is 2.35 bits per heavy atom. The molecule has 1 unspecified atom stereocenters. The lowest BCUT2D eigenvalue weighted by molar-refractivity contribution is 0.396. The lowest BCUT2D eigenvalue weighted by atomic mass is 10.2. The Morgan fingerprint density at radius 1 is 1.65 bits per heavy atom. The van der Waals surface area contributed by atoms with Crippen LogP contribution in [0.25, 0.3) is 0 Å². The second kappa shape index (κ2) is 6.88. The largest absolute Gasteiger partial charge is 0.468 e. The number of furan rings is 1. The van der Waals surface area contributed by atoms with Gasteiger partial charge in [0.25, 0.3) is 0 Å². The highest BCUT2D eigenvalue weighted by atomic mass is 32.2. The standard InChI is InChI=1S/C11H19N3OS2/c1-8(13-11(12)16)17-7-10-9(4-5-15-10)6-14(2)3/h4-5,8H,6-7H2,1-3H3,(H3,12,13,16). The molecule has 0 amide bonds. The average molecular weight is 273 g/mol. The van der Waals surface area contributed by atoms with E-state index in [0.717, 1.165) is 18.1 Å². The fourth-order valence-electron chi connectivity index (χ4n) is 1.42. The number of rotatable bonds is 6. The number of nitrogens with two attached hydrogens (primary N) is 1. The molecular weight excluding hydrogens is 254 g/mol. The predicted molar refractivity (Wildman–Crippen MR) is 76.8 cm³/mol. The minimum absolute atomic E-state index is 0.185. The number of nitrogens with one attached hydrogen (secondary N) is 1. The molecule has 0 spiro atoms. The fraction of sp³-hybridized carbons (Fsp3) is 0.545. The molecule has 1 atom stereocenters. The topological polar surface area (TPSA) is 54.4 Å². The Hall–Kier alpha value is -0.720. The van der Waals surface area contributed by atoms with Crippen LogP contribution in [0, 0.1) is 0 Å². The van der Waals surface area contributed by atoms with Crippen molar-refractivity contribution in [2.75, 3.05) is 14.1 Å². The molecule has 0 saturated heterocycles. The fourth-order valence-corrected chi connectivity index (χ4v) is 2.53. The van der Waals surface area contributed by atoms with Gasteiger partial charge in [0.15, 0.2) is 5.11 Å². The molecule has 4 nitrogen and oxygen atoms in total.